The van der Waals surface area contributed by atoms with E-state index in [0.29, 0.717) is 35.5 Å². The molecule has 10 heteroatoms. The molecule has 36 heavy (non-hydrogen) atoms. The number of nitrogens with one attached hydrogen (secondary N) is 1. The fourth-order valence-electron chi connectivity index (χ4n) is 4.71. The maximum Gasteiger partial charge on any atom is 0.354 e. The summed E-state index contributed by atoms with van der Waals surface area (Å²) in [5.74, 6) is -1.99. The van der Waals surface area contributed by atoms with Crippen molar-refractivity contribution in [1.29, 1.82) is 0 Å². The fourth-order valence-corrected chi connectivity index (χ4v) is 4.71. The molecule has 1 atom stereocenters. The van der Waals surface area contributed by atoms with E-state index in [2.05, 4.69) is 9.97 Å². The zero-order valence-electron chi connectivity index (χ0n) is 20.6. The van der Waals surface area contributed by atoms with Gasteiger partial charge in [-0.05, 0) is 31.9 Å². The average molecular weight is 493 g/mol. The minimum atomic E-state index is -0.876. The number of Topliss-reactive ketones (excluding diaryl/α,β-unsaturated/α-hetero) is 1. The van der Waals surface area contributed by atoms with Gasteiger partial charge < -0.3 is 29.0 Å². The molecule has 0 saturated carbocycles. The Morgan fingerprint density at radius 3 is 2.58 bits per heavy atom. The summed E-state index contributed by atoms with van der Waals surface area (Å²) in [4.78, 5) is 47.2. The molecule has 188 valence electrons. The average Bonchev–Trinajstić information content (AvgIpc) is 3.56. The van der Waals surface area contributed by atoms with E-state index in [4.69, 9.17) is 9.47 Å². The number of benzene rings is 1. The number of likely N-dealkylation sites (tertiary alicyclic amines) is 1. The molecule has 0 aliphatic carbocycles. The van der Waals surface area contributed by atoms with Crippen LogP contribution in [-0.4, -0.2) is 63.0 Å². The number of hydrogen-bond donors (Lipinski definition) is 2. The van der Waals surface area contributed by atoms with Gasteiger partial charge in [-0.25, -0.2) is 9.78 Å². The number of methoxy groups -OCH3 is 2. The summed E-state index contributed by atoms with van der Waals surface area (Å²) in [6, 6.07) is 6.20. The van der Waals surface area contributed by atoms with Crippen LogP contribution in [0, 0.1) is 13.8 Å². The molecule has 0 radical (unpaired) electrons. The van der Waals surface area contributed by atoms with Crippen LogP contribution < -0.4 is 4.74 Å². The zero-order chi connectivity index (χ0) is 26.0. The molecular formula is C26H28N4O6. The Morgan fingerprint density at radius 2 is 1.92 bits per heavy atom. The number of aliphatic hydroxyl groups excluding tert-OH is 1. The highest BCUT2D eigenvalue weighted by molar-refractivity contribution is 6.46. The highest BCUT2D eigenvalue weighted by Crippen LogP contribution is 2.43. The van der Waals surface area contributed by atoms with Crippen molar-refractivity contribution in [2.45, 2.75) is 32.9 Å². The van der Waals surface area contributed by atoms with Crippen LogP contribution in [0.1, 0.15) is 45.3 Å². The highest BCUT2D eigenvalue weighted by Gasteiger charge is 2.47. The molecule has 2 N–H and O–H groups in total. The van der Waals surface area contributed by atoms with Gasteiger partial charge in [-0.3, -0.25) is 9.59 Å². The molecule has 1 aliphatic rings. The molecule has 1 saturated heterocycles. The number of aliphatic hydroxyl groups is 1. The third kappa shape index (κ3) is 4.26. The van der Waals surface area contributed by atoms with Crippen LogP contribution in [0.2, 0.25) is 0 Å². The zero-order valence-corrected chi connectivity index (χ0v) is 20.6. The molecule has 10 nitrogen and oxygen atoms in total. The number of esters is 1. The topological polar surface area (TPSA) is 127 Å². The van der Waals surface area contributed by atoms with Gasteiger partial charge in [0, 0.05) is 42.3 Å². The predicted octanol–water partition coefficient (Wildman–Crippen LogP) is 3.14. The minimum absolute atomic E-state index is 0.0613. The third-order valence-electron chi connectivity index (χ3n) is 6.41. The van der Waals surface area contributed by atoms with Crippen molar-refractivity contribution < 1.29 is 29.0 Å². The van der Waals surface area contributed by atoms with Crippen LogP contribution in [0.15, 0.2) is 48.6 Å². The number of rotatable bonds is 8. The van der Waals surface area contributed by atoms with E-state index < -0.39 is 23.7 Å². The van der Waals surface area contributed by atoms with Gasteiger partial charge in [0.1, 0.15) is 17.2 Å². The molecular weight excluding hydrogens is 464 g/mol. The van der Waals surface area contributed by atoms with Gasteiger partial charge in [-0.15, -0.1) is 0 Å². The van der Waals surface area contributed by atoms with Crippen molar-refractivity contribution in [1.82, 2.24) is 19.4 Å². The lowest BCUT2D eigenvalue weighted by molar-refractivity contribution is -0.140. The third-order valence-corrected chi connectivity index (χ3v) is 6.41. The molecule has 0 unspecified atom stereocenters. The van der Waals surface area contributed by atoms with Crippen LogP contribution in [0.3, 0.4) is 0 Å². The number of para-hydroxylation sites is 1. The number of amides is 1. The molecule has 1 aromatic carbocycles. The van der Waals surface area contributed by atoms with Gasteiger partial charge in [0.15, 0.2) is 0 Å². The maximum atomic E-state index is 13.4. The summed E-state index contributed by atoms with van der Waals surface area (Å²) in [5, 5.41) is 11.5. The largest absolute Gasteiger partial charge is 0.507 e. The smallest absolute Gasteiger partial charge is 0.354 e. The molecule has 3 aromatic rings. The fraction of sp³-hybridized carbons (Fsp3) is 0.308. The van der Waals surface area contributed by atoms with Gasteiger partial charge in [0.25, 0.3) is 11.7 Å². The number of aromatic nitrogens is 3. The molecule has 0 spiro atoms. The Bertz CT molecular complexity index is 1340. The lowest BCUT2D eigenvalue weighted by Gasteiger charge is -2.26. The second-order valence-corrected chi connectivity index (χ2v) is 8.51. The lowest BCUT2D eigenvalue weighted by atomic mass is 9.93. The second-order valence-electron chi connectivity index (χ2n) is 8.51. The summed E-state index contributed by atoms with van der Waals surface area (Å²) >= 11 is 0. The number of H-pyrrole nitrogens is 1. The summed E-state index contributed by atoms with van der Waals surface area (Å²) < 4.78 is 12.2. The standard InChI is InChI=1S/C26H28N4O6/c1-15-19(16(2)28-21(15)26(34)36-4)23(31)20-22(17-8-5-6-9-18(17)35-3)30(25(33)24(20)32)12-7-11-29-13-10-27-14-29/h5-6,8-10,13-14,22,28,31H,7,11-12H2,1-4H3/t22-/m1/s1. The van der Waals surface area contributed by atoms with Gasteiger partial charge in [-0.2, -0.15) is 0 Å². The normalized spacial score (nSPS) is 17.0. The van der Waals surface area contributed by atoms with Crippen molar-refractivity contribution in [3.05, 3.63) is 76.6 Å². The first-order chi connectivity index (χ1) is 17.3. The monoisotopic (exact) mass is 492 g/mol. The predicted molar refractivity (Wildman–Crippen MR) is 130 cm³/mol. The van der Waals surface area contributed by atoms with E-state index in [-0.39, 0.29) is 29.1 Å². The Morgan fingerprint density at radius 1 is 1.17 bits per heavy atom. The molecule has 0 bridgehead atoms. The first-order valence-corrected chi connectivity index (χ1v) is 11.4. The van der Waals surface area contributed by atoms with Crippen molar-refractivity contribution in [3.63, 3.8) is 0 Å². The number of nitrogens with zero attached hydrogens (tertiary/aromatic N) is 3. The van der Waals surface area contributed by atoms with Crippen LogP contribution in [0.5, 0.6) is 5.75 Å². The molecule has 2 aromatic heterocycles. The van der Waals surface area contributed by atoms with Gasteiger partial charge in [-0.1, -0.05) is 18.2 Å². The molecule has 4 rings (SSSR count). The van der Waals surface area contributed by atoms with Gasteiger partial charge in [0.05, 0.1) is 32.2 Å². The second kappa shape index (κ2) is 10.1. The molecule has 3 heterocycles. The van der Waals surface area contributed by atoms with E-state index in [1.165, 1.54) is 19.1 Å². The van der Waals surface area contributed by atoms with Crippen LogP contribution >= 0.6 is 0 Å². The molecule has 1 amide bonds. The molecule has 1 fully saturated rings. The van der Waals surface area contributed by atoms with E-state index in [1.807, 2.05) is 10.8 Å². The van der Waals surface area contributed by atoms with Crippen LogP contribution in [0.4, 0.5) is 0 Å². The van der Waals surface area contributed by atoms with Crippen LogP contribution in [-0.2, 0) is 20.9 Å². The van der Waals surface area contributed by atoms with E-state index >= 15 is 0 Å². The number of ether oxygens (including phenoxy) is 2. The number of aryl methyl sites for hydroxylation is 2. The van der Waals surface area contributed by atoms with Crippen LogP contribution in [0.25, 0.3) is 5.76 Å². The Labute approximate surface area is 208 Å². The minimum Gasteiger partial charge on any atom is -0.507 e. The van der Waals surface area contributed by atoms with Gasteiger partial charge >= 0.3 is 5.97 Å². The van der Waals surface area contributed by atoms with Crippen molar-refractivity contribution in [2.24, 2.45) is 0 Å². The highest BCUT2D eigenvalue weighted by atomic mass is 16.5. The lowest BCUT2D eigenvalue weighted by Crippen LogP contribution is -2.31. The summed E-state index contributed by atoms with van der Waals surface area (Å²) in [7, 11) is 2.77. The summed E-state index contributed by atoms with van der Waals surface area (Å²) in [5.41, 5.74) is 1.85. The van der Waals surface area contributed by atoms with Crippen molar-refractivity contribution in [3.8, 4) is 5.75 Å². The number of hydrogen-bond acceptors (Lipinski definition) is 7. The number of aromatic amines is 1. The number of imidazole rings is 1. The summed E-state index contributed by atoms with van der Waals surface area (Å²) in [6.45, 7) is 4.18. The Hall–Kier alpha value is -4.34. The first kappa shape index (κ1) is 24.8. The quantitative estimate of drug-likeness (QED) is 0.214. The number of ketones is 1. The van der Waals surface area contributed by atoms with E-state index in [9.17, 15) is 19.5 Å². The van der Waals surface area contributed by atoms with E-state index in [1.54, 1.807) is 50.6 Å². The van der Waals surface area contributed by atoms with Gasteiger partial charge in [0.2, 0.25) is 0 Å². The Kier molecular flexibility index (Phi) is 6.96. The van der Waals surface area contributed by atoms with E-state index in [0.717, 1.165) is 0 Å². The maximum absolute atomic E-state index is 13.4. The first-order valence-electron chi connectivity index (χ1n) is 11.4. The van der Waals surface area contributed by atoms with Crippen molar-refractivity contribution in [2.75, 3.05) is 20.8 Å². The number of carbonyl (C=O) groups excluding carboxylic acids is 3. The Balaban J connectivity index is 1.83. The summed E-state index contributed by atoms with van der Waals surface area (Å²) in [6.07, 6.45) is 5.74. The SMILES string of the molecule is COC(=O)c1[nH]c(C)c(C(O)=C2C(=O)C(=O)N(CCCn3ccnc3)[C@@H]2c2ccccc2OC)c1C. The number of carbonyl (C=O) groups is 3. The van der Waals surface area contributed by atoms with Crippen molar-refractivity contribution >= 4 is 23.4 Å². The molecule has 1 aliphatic heterocycles.